The van der Waals surface area contributed by atoms with Crippen LogP contribution < -0.4 is 52.5 Å². The van der Waals surface area contributed by atoms with Crippen molar-refractivity contribution >= 4 is 35.8 Å². The Balaban J connectivity index is 0.000000191. The molecule has 10 N–H and O–H groups in total. The van der Waals surface area contributed by atoms with E-state index in [1.54, 1.807) is 0 Å². The Morgan fingerprint density at radius 1 is 0.357 bits per heavy atom. The first kappa shape index (κ1) is 97.4. The van der Waals surface area contributed by atoms with E-state index < -0.39 is 182 Å². The maximum atomic E-state index is 14.5. The molecule has 4 aromatic heterocycles. The van der Waals surface area contributed by atoms with Crippen LogP contribution in [0.2, 0.25) is 0 Å². The number of carbonyl (C=O) groups excluding carboxylic acids is 6. The molecule has 44 heteroatoms. The number of pyridine rings is 4. The minimum Gasteiger partial charge on any atom is -0.473 e. The highest BCUT2D eigenvalue weighted by Gasteiger charge is 2.42. The fourth-order valence-electron chi connectivity index (χ4n) is 13.2. The van der Waals surface area contributed by atoms with Gasteiger partial charge in [0.05, 0.1) is 26.2 Å². The standard InChI is InChI=1S/2C23H24F5N3O4.2C18H16F5N3O2/c2*1-22(2,3)35-21(33)31(11-23(26,27)28)10-13-5-7-15-16(14-6-4-12(24)8-17(14)25)9-18(19(29)32)30-20(15)34-13;2*19-9-1-3-11(14(20)5-9)13-6-15(16(24)27)26-17-12(13)4-2-10(28-17)7-25-8-18(21,22)23/h2*4,6,8-9,13H,5,7,10-11H2,1-3H3,(H2,29,32);2*1,3,5-6,10,25H,2,4,7-8H2,(H2,24,27)/t2*13-;2*10-/m1010/s1. The van der Waals surface area contributed by atoms with Crippen LogP contribution in [0, 0.1) is 46.5 Å². The minimum absolute atomic E-state index is 0.0000775. The summed E-state index contributed by atoms with van der Waals surface area (Å²) in [7, 11) is 0. The summed E-state index contributed by atoms with van der Waals surface area (Å²) < 4.78 is 296. The molecule has 0 bridgehead atoms. The van der Waals surface area contributed by atoms with Crippen molar-refractivity contribution < 1.29 is 145 Å². The van der Waals surface area contributed by atoms with Gasteiger partial charge in [0.15, 0.2) is 0 Å². The molecule has 0 aliphatic carbocycles. The van der Waals surface area contributed by atoms with Gasteiger partial charge in [-0.15, -0.1) is 0 Å². The van der Waals surface area contributed by atoms with Crippen LogP contribution in [0.4, 0.5) is 97.4 Å². The fraction of sp³-hybridized carbons (Fsp3) is 0.390. The molecule has 0 fully saturated rings. The summed E-state index contributed by atoms with van der Waals surface area (Å²) in [6.07, 6.45) is -21.5. The average molecular weight is 1810 g/mol. The number of aromatic nitrogens is 4. The van der Waals surface area contributed by atoms with Crippen molar-refractivity contribution in [2.24, 2.45) is 22.9 Å². The number of primary amides is 4. The van der Waals surface area contributed by atoms with Crippen molar-refractivity contribution in [1.82, 2.24) is 40.4 Å². The van der Waals surface area contributed by atoms with Crippen LogP contribution >= 0.6 is 0 Å². The van der Waals surface area contributed by atoms with E-state index in [1.165, 1.54) is 90.1 Å². The summed E-state index contributed by atoms with van der Waals surface area (Å²) >= 11 is 0. The molecule has 0 saturated heterocycles. The van der Waals surface area contributed by atoms with Gasteiger partial charge in [0, 0.05) is 81.9 Å². The topological polar surface area (TPSA) is 344 Å². The predicted octanol–water partition coefficient (Wildman–Crippen LogP) is 15.2. The maximum Gasteiger partial charge on any atom is 0.410 e. The third kappa shape index (κ3) is 27.8. The van der Waals surface area contributed by atoms with E-state index in [-0.39, 0.29) is 130 Å². The van der Waals surface area contributed by atoms with E-state index in [4.69, 9.17) is 51.4 Å². The van der Waals surface area contributed by atoms with Gasteiger partial charge in [0.1, 0.15) is 118 Å². The number of amides is 6. The lowest BCUT2D eigenvalue weighted by Crippen LogP contribution is -2.47. The summed E-state index contributed by atoms with van der Waals surface area (Å²) in [5.74, 6) is -10.5. The van der Waals surface area contributed by atoms with Crippen molar-refractivity contribution in [1.29, 1.82) is 0 Å². The number of nitrogens with two attached hydrogens (primary N) is 4. The van der Waals surface area contributed by atoms with Crippen LogP contribution in [-0.2, 0) is 35.2 Å². The van der Waals surface area contributed by atoms with Crippen molar-refractivity contribution in [3.8, 4) is 68.0 Å². The summed E-state index contributed by atoms with van der Waals surface area (Å²) in [5, 5.41) is 4.51. The second-order valence-electron chi connectivity index (χ2n) is 30.9. The largest absolute Gasteiger partial charge is 0.473 e. The number of nitrogens with zero attached hydrogens (tertiary/aromatic N) is 6. The Hall–Kier alpha value is -12.4. The quantitative estimate of drug-likeness (QED) is 0.0386. The summed E-state index contributed by atoms with van der Waals surface area (Å²) in [4.78, 5) is 88.6. The third-order valence-electron chi connectivity index (χ3n) is 18.5. The molecule has 4 aromatic carbocycles. The maximum absolute atomic E-state index is 14.5. The number of nitrogens with one attached hydrogen (secondary N) is 2. The molecule has 680 valence electrons. The molecular weight excluding hydrogens is 1720 g/mol. The van der Waals surface area contributed by atoms with Crippen LogP contribution in [0.25, 0.3) is 44.5 Å². The normalized spacial score (nSPS) is 16.0. The van der Waals surface area contributed by atoms with Gasteiger partial charge in [-0.3, -0.25) is 29.0 Å². The average Bonchev–Trinajstić information content (AvgIpc) is 0.786. The van der Waals surface area contributed by atoms with Gasteiger partial charge in [0.2, 0.25) is 23.5 Å². The van der Waals surface area contributed by atoms with E-state index in [2.05, 4.69) is 30.6 Å². The zero-order chi connectivity index (χ0) is 93.2. The zero-order valence-corrected chi connectivity index (χ0v) is 67.3. The molecule has 0 radical (unpaired) electrons. The molecule has 8 heterocycles. The third-order valence-corrected chi connectivity index (χ3v) is 18.5. The number of alkyl halides is 12. The van der Waals surface area contributed by atoms with Gasteiger partial charge in [-0.05, 0) is 188 Å². The highest BCUT2D eigenvalue weighted by atomic mass is 19.4. The number of carbonyl (C=O) groups is 6. The molecule has 4 atom stereocenters. The van der Waals surface area contributed by atoms with E-state index in [0.717, 1.165) is 24.3 Å². The Labute approximate surface area is 704 Å². The van der Waals surface area contributed by atoms with E-state index in [9.17, 15) is 117 Å². The highest BCUT2D eigenvalue weighted by Crippen LogP contribution is 2.43. The van der Waals surface area contributed by atoms with Crippen molar-refractivity contribution in [3.05, 3.63) is 189 Å². The van der Waals surface area contributed by atoms with Gasteiger partial charge in [-0.1, -0.05) is 0 Å². The lowest BCUT2D eigenvalue weighted by Gasteiger charge is -2.33. The van der Waals surface area contributed by atoms with Crippen LogP contribution in [-0.4, -0.2) is 178 Å². The minimum atomic E-state index is -4.69. The Morgan fingerprint density at radius 3 is 0.794 bits per heavy atom. The molecule has 12 rings (SSSR count). The Bertz CT molecular complexity index is 5030. The first-order valence-corrected chi connectivity index (χ1v) is 38.0. The van der Waals surface area contributed by atoms with E-state index >= 15 is 0 Å². The SMILES string of the molecule is CC(C)(C)OC(=O)N(C[C@@H]1CCc2c(-c3ccc(F)cc3F)cc(C(N)=O)nc2O1)CC(F)(F)F.CC(C)(C)OC(=O)N(C[C@H]1CCc2c(-c3ccc(F)cc3F)cc(C(N)=O)nc2O1)CC(F)(F)F.NC(=O)c1cc(-c2ccc(F)cc2F)c2c(n1)O[C@@H](CNCC(F)(F)F)CC2.NC(=O)c1cc(-c2ccc(F)cc2F)c2c(n1)O[C@H](CNCC(F)(F)F)CC2. The first-order valence-electron chi connectivity index (χ1n) is 38.0. The second-order valence-corrected chi connectivity index (χ2v) is 30.9. The van der Waals surface area contributed by atoms with E-state index in [0.29, 0.717) is 82.0 Å². The molecular formula is C82H80F20N12O12. The van der Waals surface area contributed by atoms with Gasteiger partial charge in [-0.25, -0.2) is 64.6 Å². The number of benzene rings is 4. The molecule has 0 spiro atoms. The van der Waals surface area contributed by atoms with Crippen LogP contribution in [0.1, 0.15) is 131 Å². The smallest absolute Gasteiger partial charge is 0.410 e. The van der Waals surface area contributed by atoms with Gasteiger partial charge >= 0.3 is 36.9 Å². The van der Waals surface area contributed by atoms with Crippen LogP contribution in [0.15, 0.2) is 97.1 Å². The number of halogens is 20. The van der Waals surface area contributed by atoms with Crippen molar-refractivity contribution in [3.63, 3.8) is 0 Å². The summed E-state index contributed by atoms with van der Waals surface area (Å²) in [5.41, 5.74) is 20.9. The van der Waals surface area contributed by atoms with Crippen LogP contribution in [0.5, 0.6) is 23.5 Å². The fourth-order valence-corrected chi connectivity index (χ4v) is 13.2. The monoisotopic (exact) mass is 1800 g/mol. The number of hydrogen-bond donors (Lipinski definition) is 6. The van der Waals surface area contributed by atoms with Gasteiger partial charge < -0.3 is 62.0 Å². The van der Waals surface area contributed by atoms with Crippen molar-refractivity contribution in [2.45, 2.75) is 153 Å². The van der Waals surface area contributed by atoms with E-state index in [1.807, 2.05) is 0 Å². The Morgan fingerprint density at radius 2 is 0.587 bits per heavy atom. The summed E-state index contributed by atoms with van der Waals surface area (Å²) in [6, 6.07) is 16.9. The van der Waals surface area contributed by atoms with Crippen molar-refractivity contribution in [2.75, 3.05) is 52.4 Å². The second kappa shape index (κ2) is 39.9. The van der Waals surface area contributed by atoms with Gasteiger partial charge in [0.25, 0.3) is 23.6 Å². The lowest BCUT2D eigenvalue weighted by molar-refractivity contribution is -0.147. The number of ether oxygens (including phenoxy) is 6. The first-order chi connectivity index (χ1) is 58.5. The number of rotatable bonds is 20. The number of fused-ring (bicyclic) bond motifs is 4. The molecule has 6 amide bonds. The molecule has 126 heavy (non-hydrogen) atoms. The molecule has 0 unspecified atom stereocenters. The Kier molecular flexibility index (Phi) is 30.8. The summed E-state index contributed by atoms with van der Waals surface area (Å²) in [6.45, 7) is 2.57. The zero-order valence-electron chi connectivity index (χ0n) is 67.3. The molecule has 4 aliphatic rings. The molecule has 4 aliphatic heterocycles. The van der Waals surface area contributed by atoms with Gasteiger partial charge in [-0.2, -0.15) is 52.7 Å². The van der Waals surface area contributed by atoms with Crippen LogP contribution in [0.3, 0.4) is 0 Å². The molecule has 8 aromatic rings. The highest BCUT2D eigenvalue weighted by molar-refractivity contribution is 5.95. The predicted molar refractivity (Wildman–Crippen MR) is 409 cm³/mol. The molecule has 0 saturated carbocycles. The lowest BCUT2D eigenvalue weighted by atomic mass is 9.93. The molecule has 24 nitrogen and oxygen atoms in total. The number of hydrogen-bond acceptors (Lipinski definition) is 18.